The molecular weight excluding hydrogens is 356 g/mol. The minimum atomic E-state index is 0.169. The van der Waals surface area contributed by atoms with Crippen molar-refractivity contribution in [2.24, 2.45) is 0 Å². The molecule has 6 heteroatoms. The van der Waals surface area contributed by atoms with Crippen LogP contribution in [0.1, 0.15) is 16.7 Å². The normalized spacial score (nSPS) is 18.1. The Hall–Kier alpha value is -2.73. The van der Waals surface area contributed by atoms with Gasteiger partial charge in [-0.05, 0) is 47.4 Å². The number of nitrogens with zero attached hydrogens (tertiary/aromatic N) is 2. The van der Waals surface area contributed by atoms with Gasteiger partial charge in [-0.25, -0.2) is 0 Å². The molecule has 0 spiro atoms. The zero-order chi connectivity index (χ0) is 18.9. The van der Waals surface area contributed by atoms with Gasteiger partial charge in [-0.3, -0.25) is 4.79 Å². The van der Waals surface area contributed by atoms with Crippen LogP contribution in [0.5, 0.6) is 11.5 Å². The van der Waals surface area contributed by atoms with Crippen molar-refractivity contribution >= 4 is 11.6 Å². The van der Waals surface area contributed by atoms with E-state index in [0.29, 0.717) is 13.0 Å². The van der Waals surface area contributed by atoms with E-state index in [-0.39, 0.29) is 12.7 Å². The summed E-state index contributed by atoms with van der Waals surface area (Å²) in [5.74, 6) is 1.77. The highest BCUT2D eigenvalue weighted by molar-refractivity contribution is 5.79. The topological polar surface area (TPSA) is 51.2 Å². The second-order valence-corrected chi connectivity index (χ2v) is 7.48. The predicted molar refractivity (Wildman–Crippen MR) is 105 cm³/mol. The first kappa shape index (κ1) is 17.4. The van der Waals surface area contributed by atoms with E-state index in [4.69, 9.17) is 14.2 Å². The zero-order valence-electron chi connectivity index (χ0n) is 15.9. The first-order valence-electron chi connectivity index (χ1n) is 9.87. The van der Waals surface area contributed by atoms with Crippen molar-refractivity contribution in [3.8, 4) is 11.5 Å². The van der Waals surface area contributed by atoms with Crippen molar-refractivity contribution in [1.82, 2.24) is 4.90 Å². The van der Waals surface area contributed by atoms with Gasteiger partial charge in [-0.1, -0.05) is 12.1 Å². The van der Waals surface area contributed by atoms with Crippen LogP contribution in [-0.2, 0) is 28.9 Å². The summed E-state index contributed by atoms with van der Waals surface area (Å²) in [4.78, 5) is 17.1. The number of carbonyl (C=O) groups excluding carboxylic acids is 1. The number of hydrogen-bond donors (Lipinski definition) is 0. The maximum atomic E-state index is 12.8. The molecule has 1 saturated heterocycles. The van der Waals surface area contributed by atoms with Crippen LogP contribution in [0.2, 0.25) is 0 Å². The van der Waals surface area contributed by atoms with Crippen molar-refractivity contribution in [2.45, 2.75) is 19.4 Å². The molecule has 0 N–H and O–H groups in total. The van der Waals surface area contributed by atoms with Crippen molar-refractivity contribution < 1.29 is 19.0 Å². The Morgan fingerprint density at radius 1 is 0.929 bits per heavy atom. The van der Waals surface area contributed by atoms with Gasteiger partial charge >= 0.3 is 0 Å². The highest BCUT2D eigenvalue weighted by atomic mass is 16.7. The average Bonchev–Trinajstić information content (AvgIpc) is 3.20. The summed E-state index contributed by atoms with van der Waals surface area (Å²) < 4.78 is 16.3. The van der Waals surface area contributed by atoms with E-state index in [1.54, 1.807) is 0 Å². The second-order valence-electron chi connectivity index (χ2n) is 7.48. The molecule has 5 rings (SSSR count). The fourth-order valence-corrected chi connectivity index (χ4v) is 4.09. The van der Waals surface area contributed by atoms with Gasteiger partial charge in [-0.15, -0.1) is 0 Å². The molecule has 6 nitrogen and oxygen atoms in total. The summed E-state index contributed by atoms with van der Waals surface area (Å²) in [6.45, 7) is 5.05. The van der Waals surface area contributed by atoms with Crippen LogP contribution in [0, 0.1) is 0 Å². The Morgan fingerprint density at radius 3 is 2.39 bits per heavy atom. The van der Waals surface area contributed by atoms with Crippen molar-refractivity contribution in [3.05, 3.63) is 53.1 Å². The summed E-state index contributed by atoms with van der Waals surface area (Å²) in [7, 11) is 0. The first-order chi connectivity index (χ1) is 13.8. The molecule has 0 saturated carbocycles. The summed E-state index contributed by atoms with van der Waals surface area (Å²) in [5, 5.41) is 0. The molecule has 1 amide bonds. The molecule has 28 heavy (non-hydrogen) atoms. The van der Waals surface area contributed by atoms with Gasteiger partial charge in [0.05, 0.1) is 19.6 Å². The van der Waals surface area contributed by atoms with Crippen molar-refractivity contribution in [2.75, 3.05) is 44.5 Å². The lowest BCUT2D eigenvalue weighted by atomic mass is 9.98. The summed E-state index contributed by atoms with van der Waals surface area (Å²) in [6.07, 6.45) is 1.29. The quantitative estimate of drug-likeness (QED) is 0.818. The molecule has 1 fully saturated rings. The monoisotopic (exact) mass is 380 g/mol. The Morgan fingerprint density at radius 2 is 1.64 bits per heavy atom. The smallest absolute Gasteiger partial charge is 0.231 e. The Bertz CT molecular complexity index is 875. The van der Waals surface area contributed by atoms with Gasteiger partial charge in [0.25, 0.3) is 0 Å². The number of fused-ring (bicyclic) bond motifs is 2. The summed E-state index contributed by atoms with van der Waals surface area (Å²) >= 11 is 0. The number of rotatable bonds is 3. The van der Waals surface area contributed by atoms with Crippen LogP contribution in [0.15, 0.2) is 36.4 Å². The van der Waals surface area contributed by atoms with Gasteiger partial charge in [0.1, 0.15) is 0 Å². The van der Waals surface area contributed by atoms with E-state index in [1.807, 2.05) is 11.0 Å². The van der Waals surface area contributed by atoms with E-state index in [2.05, 4.69) is 35.2 Å². The highest BCUT2D eigenvalue weighted by Crippen LogP contribution is 2.36. The number of benzene rings is 2. The van der Waals surface area contributed by atoms with E-state index in [1.165, 1.54) is 11.3 Å². The number of morpholine rings is 1. The Kier molecular flexibility index (Phi) is 4.56. The van der Waals surface area contributed by atoms with Gasteiger partial charge < -0.3 is 24.0 Å². The molecule has 2 aromatic carbocycles. The lowest BCUT2D eigenvalue weighted by Gasteiger charge is -2.30. The minimum Gasteiger partial charge on any atom is -0.454 e. The molecule has 0 radical (unpaired) electrons. The molecule has 0 atom stereocenters. The van der Waals surface area contributed by atoms with Crippen LogP contribution in [0.25, 0.3) is 0 Å². The van der Waals surface area contributed by atoms with Gasteiger partial charge in [-0.2, -0.15) is 0 Å². The summed E-state index contributed by atoms with van der Waals surface area (Å²) in [6, 6.07) is 12.4. The van der Waals surface area contributed by atoms with Crippen molar-refractivity contribution in [1.29, 1.82) is 0 Å². The van der Waals surface area contributed by atoms with Gasteiger partial charge in [0, 0.05) is 31.9 Å². The maximum Gasteiger partial charge on any atom is 0.231 e. The number of carbonyl (C=O) groups is 1. The van der Waals surface area contributed by atoms with Gasteiger partial charge in [0.2, 0.25) is 12.7 Å². The molecule has 0 bridgehead atoms. The van der Waals surface area contributed by atoms with Crippen LogP contribution in [0.3, 0.4) is 0 Å². The van der Waals surface area contributed by atoms with E-state index >= 15 is 0 Å². The van der Waals surface area contributed by atoms with E-state index in [0.717, 1.165) is 61.9 Å². The molecule has 3 aliphatic rings. The zero-order valence-corrected chi connectivity index (χ0v) is 15.9. The molecular formula is C22H24N2O4. The molecule has 3 aliphatic heterocycles. The Labute approximate surface area is 164 Å². The number of anilines is 1. The van der Waals surface area contributed by atoms with Crippen LogP contribution < -0.4 is 14.4 Å². The lowest BCUT2D eigenvalue weighted by Crippen LogP contribution is -2.37. The molecule has 0 unspecified atom stereocenters. The predicted octanol–water partition coefficient (Wildman–Crippen LogP) is 2.38. The van der Waals surface area contributed by atoms with E-state index in [9.17, 15) is 4.79 Å². The van der Waals surface area contributed by atoms with Gasteiger partial charge in [0.15, 0.2) is 11.5 Å². The molecule has 2 aromatic rings. The Balaban J connectivity index is 1.23. The number of amides is 1. The van der Waals surface area contributed by atoms with Crippen molar-refractivity contribution in [3.63, 3.8) is 0 Å². The second kappa shape index (κ2) is 7.36. The van der Waals surface area contributed by atoms with Crippen LogP contribution >= 0.6 is 0 Å². The van der Waals surface area contributed by atoms with Crippen LogP contribution in [-0.4, -0.2) is 50.4 Å². The fraction of sp³-hybridized carbons (Fsp3) is 0.409. The number of hydrogen-bond acceptors (Lipinski definition) is 5. The standard InChI is InChI=1S/C22H24N2O4/c25-22(11-16-1-3-19(4-2-16)23-7-9-26-10-8-23)24-6-5-17-12-20-21(28-15-27-20)13-18(17)14-24/h1-4,12-13H,5-11,14-15H2. The molecule has 0 aliphatic carbocycles. The molecule has 146 valence electrons. The SMILES string of the molecule is O=C(Cc1ccc(N2CCOCC2)cc1)N1CCc2cc3c(cc2C1)OCO3. The maximum absolute atomic E-state index is 12.8. The third kappa shape index (κ3) is 3.40. The first-order valence-corrected chi connectivity index (χ1v) is 9.87. The van der Waals surface area contributed by atoms with Crippen LogP contribution in [0.4, 0.5) is 5.69 Å². The lowest BCUT2D eigenvalue weighted by molar-refractivity contribution is -0.131. The van der Waals surface area contributed by atoms with E-state index < -0.39 is 0 Å². The average molecular weight is 380 g/mol. The molecule has 0 aromatic heterocycles. The third-order valence-electron chi connectivity index (χ3n) is 5.73. The summed E-state index contributed by atoms with van der Waals surface area (Å²) in [5.41, 5.74) is 4.66. The third-order valence-corrected chi connectivity index (χ3v) is 5.73. The highest BCUT2D eigenvalue weighted by Gasteiger charge is 2.24. The minimum absolute atomic E-state index is 0.169. The molecule has 3 heterocycles. The number of ether oxygens (including phenoxy) is 3. The largest absolute Gasteiger partial charge is 0.454 e. The fourth-order valence-electron chi connectivity index (χ4n) is 4.09.